The minimum absolute atomic E-state index is 0.130. The summed E-state index contributed by atoms with van der Waals surface area (Å²) < 4.78 is 29.2. The Morgan fingerprint density at radius 2 is 1.62 bits per heavy atom. The van der Waals surface area contributed by atoms with Crippen LogP contribution < -0.4 is 5.32 Å². The molecule has 7 nitrogen and oxygen atoms in total. The molecule has 1 N–H and O–H groups in total. The summed E-state index contributed by atoms with van der Waals surface area (Å²) in [4.78, 5) is 36.2. The molecule has 0 aliphatic carbocycles. The molecular weight excluding hydrogens is 394 g/mol. The van der Waals surface area contributed by atoms with E-state index >= 15 is 0 Å². The highest BCUT2D eigenvalue weighted by Crippen LogP contribution is 2.18. The zero-order valence-corrected chi connectivity index (χ0v) is 17.1. The number of esters is 1. The van der Waals surface area contributed by atoms with Crippen LogP contribution in [0.1, 0.15) is 29.8 Å². The second kappa shape index (κ2) is 9.97. The van der Waals surface area contributed by atoms with Crippen LogP contribution in [0.15, 0.2) is 59.5 Å². The fourth-order valence-electron chi connectivity index (χ4n) is 2.65. The Morgan fingerprint density at radius 1 is 1.00 bits per heavy atom. The highest BCUT2D eigenvalue weighted by Gasteiger charge is 2.23. The standard InChI is InChI=1S/C21H23NO6S/c1-3-29(26,27)19-12-8-7-11-17(19)21(25)28-14-20(24)22-18(15(2)23)13-16-9-5-4-6-10-16/h4-12,18H,3,13-14H2,1-2H3,(H,22,24)/t18-/m1/s1. The number of hydrogen-bond acceptors (Lipinski definition) is 6. The highest BCUT2D eigenvalue weighted by molar-refractivity contribution is 7.91. The zero-order chi connectivity index (χ0) is 21.4. The van der Waals surface area contributed by atoms with Gasteiger partial charge in [0, 0.05) is 0 Å². The maximum Gasteiger partial charge on any atom is 0.339 e. The van der Waals surface area contributed by atoms with Crippen LogP contribution in [0, 0.1) is 0 Å². The number of hydrogen-bond donors (Lipinski definition) is 1. The fourth-order valence-corrected chi connectivity index (χ4v) is 3.74. The van der Waals surface area contributed by atoms with Crippen LogP contribution in [-0.4, -0.2) is 44.5 Å². The molecule has 0 saturated carbocycles. The molecule has 1 amide bonds. The van der Waals surface area contributed by atoms with E-state index in [-0.39, 0.29) is 22.0 Å². The molecule has 0 radical (unpaired) electrons. The molecule has 0 bridgehead atoms. The number of carbonyl (C=O) groups is 3. The molecule has 8 heteroatoms. The molecule has 1 atom stereocenters. The Morgan fingerprint density at radius 3 is 2.24 bits per heavy atom. The molecule has 0 saturated heterocycles. The number of ether oxygens (including phenoxy) is 1. The third kappa shape index (κ3) is 6.25. The molecule has 0 fully saturated rings. The van der Waals surface area contributed by atoms with Gasteiger partial charge in [-0.15, -0.1) is 0 Å². The number of ketones is 1. The second-order valence-corrected chi connectivity index (χ2v) is 8.64. The minimum atomic E-state index is -3.62. The molecule has 29 heavy (non-hydrogen) atoms. The van der Waals surface area contributed by atoms with Gasteiger partial charge in [0.25, 0.3) is 5.91 Å². The maximum absolute atomic E-state index is 12.3. The lowest BCUT2D eigenvalue weighted by molar-refractivity contribution is -0.128. The van der Waals surface area contributed by atoms with Gasteiger partial charge in [-0.1, -0.05) is 49.4 Å². The van der Waals surface area contributed by atoms with Gasteiger partial charge in [0.05, 0.1) is 22.3 Å². The minimum Gasteiger partial charge on any atom is -0.452 e. The average Bonchev–Trinajstić information content (AvgIpc) is 2.72. The van der Waals surface area contributed by atoms with Crippen molar-refractivity contribution in [3.05, 3.63) is 65.7 Å². The van der Waals surface area contributed by atoms with Crippen molar-refractivity contribution in [3.63, 3.8) is 0 Å². The van der Waals surface area contributed by atoms with Crippen molar-refractivity contribution in [1.29, 1.82) is 0 Å². The Kier molecular flexibility index (Phi) is 7.67. The number of carbonyl (C=O) groups excluding carboxylic acids is 3. The number of amides is 1. The van der Waals surface area contributed by atoms with Gasteiger partial charge in [-0.3, -0.25) is 9.59 Å². The zero-order valence-electron chi connectivity index (χ0n) is 16.3. The quantitative estimate of drug-likeness (QED) is 0.625. The van der Waals surface area contributed by atoms with Gasteiger partial charge in [0.2, 0.25) is 0 Å². The summed E-state index contributed by atoms with van der Waals surface area (Å²) in [5.74, 6) is -1.97. The molecule has 0 spiro atoms. The van der Waals surface area contributed by atoms with E-state index < -0.39 is 34.4 Å². The molecule has 2 aromatic carbocycles. The van der Waals surface area contributed by atoms with Crippen molar-refractivity contribution >= 4 is 27.5 Å². The van der Waals surface area contributed by atoms with Crippen molar-refractivity contribution < 1.29 is 27.5 Å². The Labute approximate surface area is 170 Å². The molecule has 0 aliphatic heterocycles. The van der Waals surface area contributed by atoms with Crippen molar-refractivity contribution in [3.8, 4) is 0 Å². The molecule has 154 valence electrons. The molecule has 0 aromatic heterocycles. The van der Waals surface area contributed by atoms with Crippen LogP contribution in [0.2, 0.25) is 0 Å². The van der Waals surface area contributed by atoms with E-state index in [1.54, 1.807) is 0 Å². The molecular formula is C21H23NO6S. The lowest BCUT2D eigenvalue weighted by atomic mass is 10.0. The van der Waals surface area contributed by atoms with Crippen LogP contribution in [0.5, 0.6) is 0 Å². The predicted molar refractivity (Wildman–Crippen MR) is 107 cm³/mol. The Bertz CT molecular complexity index is 985. The van der Waals surface area contributed by atoms with Gasteiger partial charge in [-0.05, 0) is 31.0 Å². The van der Waals surface area contributed by atoms with Gasteiger partial charge in [0.15, 0.2) is 22.2 Å². The van der Waals surface area contributed by atoms with Crippen molar-refractivity contribution in [1.82, 2.24) is 5.32 Å². The topological polar surface area (TPSA) is 107 Å². The smallest absolute Gasteiger partial charge is 0.339 e. The third-order valence-corrected chi connectivity index (χ3v) is 6.05. The van der Waals surface area contributed by atoms with E-state index in [1.165, 1.54) is 38.1 Å². The SMILES string of the molecule is CCS(=O)(=O)c1ccccc1C(=O)OCC(=O)N[C@H](Cc1ccccc1)C(C)=O. The summed E-state index contributed by atoms with van der Waals surface area (Å²) >= 11 is 0. The Hall–Kier alpha value is -3.00. The van der Waals surface area contributed by atoms with Gasteiger partial charge in [-0.25, -0.2) is 13.2 Å². The Balaban J connectivity index is 2.01. The molecule has 0 heterocycles. The first-order chi connectivity index (χ1) is 13.7. The van der Waals surface area contributed by atoms with Crippen LogP contribution in [-0.2, 0) is 30.6 Å². The van der Waals surface area contributed by atoms with Gasteiger partial charge in [0.1, 0.15) is 0 Å². The summed E-state index contributed by atoms with van der Waals surface area (Å²) in [6.45, 7) is 2.21. The summed E-state index contributed by atoms with van der Waals surface area (Å²) in [5, 5.41) is 2.54. The molecule has 0 aliphatic rings. The molecule has 2 rings (SSSR count). The monoisotopic (exact) mass is 417 g/mol. The summed E-state index contributed by atoms with van der Waals surface area (Å²) in [6.07, 6.45) is 0.313. The van der Waals surface area contributed by atoms with Gasteiger partial charge < -0.3 is 10.1 Å². The second-order valence-electron chi connectivity index (χ2n) is 6.40. The lowest BCUT2D eigenvalue weighted by Crippen LogP contribution is -2.43. The first-order valence-corrected chi connectivity index (χ1v) is 10.7. The van der Waals surface area contributed by atoms with Crippen LogP contribution in [0.4, 0.5) is 0 Å². The van der Waals surface area contributed by atoms with Gasteiger partial charge in [-0.2, -0.15) is 0 Å². The summed E-state index contributed by atoms with van der Waals surface area (Å²) in [6, 6.07) is 14.1. The third-order valence-electron chi connectivity index (χ3n) is 4.27. The van der Waals surface area contributed by atoms with E-state index in [0.717, 1.165) is 5.56 Å². The first kappa shape index (κ1) is 22.3. The number of sulfone groups is 1. The number of benzene rings is 2. The van der Waals surface area contributed by atoms with E-state index in [4.69, 9.17) is 4.74 Å². The van der Waals surface area contributed by atoms with Crippen LogP contribution >= 0.6 is 0 Å². The van der Waals surface area contributed by atoms with E-state index in [9.17, 15) is 22.8 Å². The summed E-state index contributed by atoms with van der Waals surface area (Å²) in [5.41, 5.74) is 0.748. The number of Topliss-reactive ketones (excluding diaryl/α,β-unsaturated/α-hetero) is 1. The predicted octanol–water partition coefficient (Wildman–Crippen LogP) is 1.95. The molecule has 0 unspecified atom stereocenters. The fraction of sp³-hybridized carbons (Fsp3) is 0.286. The van der Waals surface area contributed by atoms with E-state index in [2.05, 4.69) is 5.32 Å². The number of nitrogens with one attached hydrogen (secondary N) is 1. The maximum atomic E-state index is 12.3. The first-order valence-electron chi connectivity index (χ1n) is 9.07. The van der Waals surface area contributed by atoms with E-state index in [0.29, 0.717) is 6.42 Å². The summed E-state index contributed by atoms with van der Waals surface area (Å²) in [7, 11) is -3.62. The van der Waals surface area contributed by atoms with Crippen LogP contribution in [0.25, 0.3) is 0 Å². The largest absolute Gasteiger partial charge is 0.452 e. The molecule has 2 aromatic rings. The van der Waals surface area contributed by atoms with E-state index in [1.807, 2.05) is 30.3 Å². The normalized spacial score (nSPS) is 12.1. The lowest BCUT2D eigenvalue weighted by Gasteiger charge is -2.16. The van der Waals surface area contributed by atoms with Crippen molar-refractivity contribution in [2.24, 2.45) is 0 Å². The van der Waals surface area contributed by atoms with Crippen molar-refractivity contribution in [2.45, 2.75) is 31.2 Å². The number of rotatable bonds is 9. The van der Waals surface area contributed by atoms with Crippen molar-refractivity contribution in [2.75, 3.05) is 12.4 Å². The van der Waals surface area contributed by atoms with Crippen LogP contribution in [0.3, 0.4) is 0 Å². The average molecular weight is 417 g/mol. The van der Waals surface area contributed by atoms with Gasteiger partial charge >= 0.3 is 5.97 Å². The highest BCUT2D eigenvalue weighted by atomic mass is 32.2.